The number of amides is 1. The molecule has 0 spiro atoms. The van der Waals surface area contributed by atoms with Gasteiger partial charge in [-0.25, -0.2) is 0 Å². The highest BCUT2D eigenvalue weighted by atomic mass is 32.2. The van der Waals surface area contributed by atoms with Crippen molar-refractivity contribution in [3.63, 3.8) is 0 Å². The Morgan fingerprint density at radius 1 is 1.38 bits per heavy atom. The predicted octanol–water partition coefficient (Wildman–Crippen LogP) is 2.93. The molecule has 154 valence electrons. The quantitative estimate of drug-likeness (QED) is 0.494. The van der Waals surface area contributed by atoms with E-state index < -0.39 is 0 Å². The third-order valence-corrected chi connectivity index (χ3v) is 7.13. The third-order valence-electron chi connectivity index (χ3n) is 6.09. The molecule has 1 aromatic carbocycles. The average molecular weight is 412 g/mol. The second kappa shape index (κ2) is 9.13. The molecule has 2 aromatic rings. The fourth-order valence-electron chi connectivity index (χ4n) is 4.56. The van der Waals surface area contributed by atoms with Gasteiger partial charge in [0, 0.05) is 43.0 Å². The molecule has 1 unspecified atom stereocenters. The first-order chi connectivity index (χ1) is 14.1. The topological polar surface area (TPSA) is 54.3 Å². The lowest BCUT2D eigenvalue weighted by Crippen LogP contribution is -2.58. The minimum absolute atomic E-state index is 0.124. The van der Waals surface area contributed by atoms with Gasteiger partial charge in [0.25, 0.3) is 0 Å². The smallest absolute Gasteiger partial charge is 0.227 e. The maximum atomic E-state index is 12.8. The highest BCUT2D eigenvalue weighted by Gasteiger charge is 2.43. The van der Waals surface area contributed by atoms with Crippen LogP contribution in [0.4, 0.5) is 0 Å². The van der Waals surface area contributed by atoms with E-state index in [1.54, 1.807) is 17.8 Å². The van der Waals surface area contributed by atoms with Gasteiger partial charge in [-0.05, 0) is 37.4 Å². The first-order valence-corrected chi connectivity index (χ1v) is 11.3. The van der Waals surface area contributed by atoms with Crippen molar-refractivity contribution in [2.45, 2.75) is 36.1 Å². The van der Waals surface area contributed by atoms with Crippen molar-refractivity contribution in [3.05, 3.63) is 54.9 Å². The second-order valence-electron chi connectivity index (χ2n) is 8.08. The zero-order valence-corrected chi connectivity index (χ0v) is 17.8. The molecule has 2 bridgehead atoms. The molecular weight excluding hydrogens is 382 g/mol. The van der Waals surface area contributed by atoms with Gasteiger partial charge in [-0.1, -0.05) is 29.5 Å². The van der Waals surface area contributed by atoms with Gasteiger partial charge in [0.1, 0.15) is 0 Å². The van der Waals surface area contributed by atoms with Gasteiger partial charge >= 0.3 is 0 Å². The maximum Gasteiger partial charge on any atom is 0.227 e. The molecular formula is C22H29N5OS. The number of carbonyl (C=O) groups is 1. The Morgan fingerprint density at radius 2 is 2.21 bits per heavy atom. The fourth-order valence-corrected chi connectivity index (χ4v) is 5.35. The number of piperidine rings is 3. The summed E-state index contributed by atoms with van der Waals surface area (Å²) in [6.07, 6.45) is 6.04. The predicted molar refractivity (Wildman–Crippen MR) is 115 cm³/mol. The number of rotatable bonds is 8. The van der Waals surface area contributed by atoms with Crippen molar-refractivity contribution in [1.29, 1.82) is 0 Å². The molecule has 7 heteroatoms. The van der Waals surface area contributed by atoms with Gasteiger partial charge in [-0.15, -0.1) is 23.4 Å². The Hall–Kier alpha value is -2.12. The van der Waals surface area contributed by atoms with Crippen molar-refractivity contribution in [1.82, 2.24) is 24.8 Å². The zero-order chi connectivity index (χ0) is 20.2. The number of fused-ring (bicyclic) bond motifs is 3. The summed E-state index contributed by atoms with van der Waals surface area (Å²) in [6, 6.07) is 10.8. The van der Waals surface area contributed by atoms with Gasteiger partial charge in [-0.2, -0.15) is 0 Å². The van der Waals surface area contributed by atoms with E-state index in [2.05, 4.69) is 52.3 Å². The van der Waals surface area contributed by atoms with Crippen molar-refractivity contribution in [2.75, 3.05) is 26.7 Å². The van der Waals surface area contributed by atoms with Crippen LogP contribution in [-0.4, -0.2) is 63.4 Å². The Balaban J connectivity index is 1.32. The molecule has 4 atom stereocenters. The zero-order valence-electron chi connectivity index (χ0n) is 17.0. The number of hydrogen-bond donors (Lipinski definition) is 0. The summed E-state index contributed by atoms with van der Waals surface area (Å²) in [5.41, 5.74) is 1.01. The number of benzene rings is 1. The summed E-state index contributed by atoms with van der Waals surface area (Å²) >= 11 is 1.78. The normalized spacial score (nSPS) is 25.7. The standard InChI is InChI=1S/C22H29N5OS/c1-3-10-25(2)22(28)21-15-26-11-9-17(21)12-19(26)14-27-13-18(23-24-27)16-29-20-7-5-4-6-8-20/h3-8,13,17,19,21H,1,9-12,14-16H2,2H3/t17-,19-,21-/m1/s1. The van der Waals surface area contributed by atoms with E-state index in [4.69, 9.17) is 0 Å². The van der Waals surface area contributed by atoms with Crippen molar-refractivity contribution >= 4 is 17.7 Å². The summed E-state index contributed by atoms with van der Waals surface area (Å²) < 4.78 is 1.98. The number of likely N-dealkylation sites (N-methyl/N-ethyl adjacent to an activating group) is 1. The van der Waals surface area contributed by atoms with E-state index in [9.17, 15) is 4.79 Å². The van der Waals surface area contributed by atoms with Gasteiger partial charge in [-0.3, -0.25) is 14.4 Å². The molecule has 0 radical (unpaired) electrons. The maximum absolute atomic E-state index is 12.8. The minimum Gasteiger partial charge on any atom is -0.342 e. The van der Waals surface area contributed by atoms with Crippen LogP contribution < -0.4 is 0 Å². The molecule has 3 aliphatic heterocycles. The molecule has 3 aliphatic rings. The summed E-state index contributed by atoms with van der Waals surface area (Å²) in [5.74, 6) is 1.69. The molecule has 29 heavy (non-hydrogen) atoms. The monoisotopic (exact) mass is 411 g/mol. The molecule has 4 heterocycles. The van der Waals surface area contributed by atoms with E-state index in [0.29, 0.717) is 18.5 Å². The van der Waals surface area contributed by atoms with Crippen LogP contribution in [0.25, 0.3) is 0 Å². The third kappa shape index (κ3) is 4.73. The Bertz CT molecular complexity index is 839. The lowest BCUT2D eigenvalue weighted by atomic mass is 9.75. The van der Waals surface area contributed by atoms with Gasteiger partial charge in [0.05, 0.1) is 18.2 Å². The number of aromatic nitrogens is 3. The van der Waals surface area contributed by atoms with Crippen molar-refractivity contribution < 1.29 is 4.79 Å². The van der Waals surface area contributed by atoms with Crippen LogP contribution in [0.1, 0.15) is 18.5 Å². The first-order valence-electron chi connectivity index (χ1n) is 10.3. The average Bonchev–Trinajstić information content (AvgIpc) is 3.20. The number of thioether (sulfide) groups is 1. The van der Waals surface area contributed by atoms with Gasteiger partial charge in [0.2, 0.25) is 5.91 Å². The van der Waals surface area contributed by atoms with Crippen LogP contribution >= 0.6 is 11.8 Å². The van der Waals surface area contributed by atoms with Crippen LogP contribution in [0.3, 0.4) is 0 Å². The molecule has 1 aromatic heterocycles. The van der Waals surface area contributed by atoms with Crippen LogP contribution in [0, 0.1) is 11.8 Å². The lowest BCUT2D eigenvalue weighted by molar-refractivity contribution is -0.142. The molecule has 5 rings (SSSR count). The van der Waals surface area contributed by atoms with E-state index in [0.717, 1.165) is 43.9 Å². The van der Waals surface area contributed by atoms with Crippen molar-refractivity contribution in [2.24, 2.45) is 11.8 Å². The van der Waals surface area contributed by atoms with E-state index in [-0.39, 0.29) is 11.8 Å². The van der Waals surface area contributed by atoms with E-state index >= 15 is 0 Å². The number of nitrogens with zero attached hydrogens (tertiary/aromatic N) is 5. The molecule has 1 amide bonds. The van der Waals surface area contributed by atoms with Gasteiger partial charge in [0.15, 0.2) is 0 Å². The number of carbonyl (C=O) groups excluding carboxylic acids is 1. The molecule has 0 N–H and O–H groups in total. The minimum atomic E-state index is 0.124. The van der Waals surface area contributed by atoms with Crippen LogP contribution in [0.15, 0.2) is 54.1 Å². The lowest BCUT2D eigenvalue weighted by Gasteiger charge is -2.49. The molecule has 6 nitrogen and oxygen atoms in total. The summed E-state index contributed by atoms with van der Waals surface area (Å²) in [5, 5.41) is 8.70. The molecule has 0 aliphatic carbocycles. The highest BCUT2D eigenvalue weighted by molar-refractivity contribution is 7.98. The second-order valence-corrected chi connectivity index (χ2v) is 9.13. The molecule has 3 saturated heterocycles. The Labute approximate surface area is 176 Å². The van der Waals surface area contributed by atoms with E-state index in [1.807, 2.05) is 22.7 Å². The van der Waals surface area contributed by atoms with Gasteiger partial charge < -0.3 is 4.90 Å². The largest absolute Gasteiger partial charge is 0.342 e. The van der Waals surface area contributed by atoms with Crippen LogP contribution in [0.5, 0.6) is 0 Å². The number of hydrogen-bond acceptors (Lipinski definition) is 5. The summed E-state index contributed by atoms with van der Waals surface area (Å²) in [7, 11) is 1.88. The SMILES string of the molecule is C=CCN(C)C(=O)[C@@H]1CN2CC[C@@H]1C[C@@H]2Cn1cc(CSc2ccccc2)nn1. The summed E-state index contributed by atoms with van der Waals surface area (Å²) in [6.45, 7) is 7.16. The van der Waals surface area contributed by atoms with E-state index in [1.165, 1.54) is 4.90 Å². The summed E-state index contributed by atoms with van der Waals surface area (Å²) in [4.78, 5) is 18.3. The highest BCUT2D eigenvalue weighted by Crippen LogP contribution is 2.37. The first kappa shape index (κ1) is 20.2. The van der Waals surface area contributed by atoms with Crippen LogP contribution in [0.2, 0.25) is 0 Å². The molecule has 3 fully saturated rings. The Morgan fingerprint density at radius 3 is 2.93 bits per heavy atom. The Kier molecular flexibility index (Phi) is 6.35. The fraction of sp³-hybridized carbons (Fsp3) is 0.500. The van der Waals surface area contributed by atoms with Crippen LogP contribution in [-0.2, 0) is 17.1 Å². The van der Waals surface area contributed by atoms with Crippen molar-refractivity contribution in [3.8, 4) is 0 Å². The molecule has 0 saturated carbocycles.